The summed E-state index contributed by atoms with van der Waals surface area (Å²) in [4.78, 5) is 0. The molecule has 0 amide bonds. The largest absolute Gasteiger partial charge is 0.496 e. The molecule has 0 fully saturated rings. The SMILES string of the molecule is CCC(C)(C)C(O)Cc1cc(Cl)ccc1OC. The van der Waals surface area contributed by atoms with Gasteiger partial charge in [0.05, 0.1) is 13.2 Å². The zero-order valence-electron chi connectivity index (χ0n) is 11.0. The molecule has 1 rings (SSSR count). The first kappa shape index (κ1) is 14.3. The van der Waals surface area contributed by atoms with Crippen molar-refractivity contribution in [3.63, 3.8) is 0 Å². The minimum atomic E-state index is -0.403. The third-order valence-electron chi connectivity index (χ3n) is 3.47. The lowest BCUT2D eigenvalue weighted by Crippen LogP contribution is -2.30. The maximum atomic E-state index is 10.2. The van der Waals surface area contributed by atoms with Gasteiger partial charge in [0.2, 0.25) is 0 Å². The Hall–Kier alpha value is -0.730. The van der Waals surface area contributed by atoms with Crippen molar-refractivity contribution in [1.29, 1.82) is 0 Å². The molecule has 1 aromatic rings. The number of benzene rings is 1. The molecule has 1 aromatic carbocycles. The normalized spacial score (nSPS) is 13.5. The van der Waals surface area contributed by atoms with Crippen LogP contribution in [-0.4, -0.2) is 18.3 Å². The van der Waals surface area contributed by atoms with E-state index in [0.29, 0.717) is 11.4 Å². The topological polar surface area (TPSA) is 29.5 Å². The van der Waals surface area contributed by atoms with Crippen LogP contribution in [0.3, 0.4) is 0 Å². The van der Waals surface area contributed by atoms with Crippen LogP contribution in [0.1, 0.15) is 32.8 Å². The second-order valence-corrected chi connectivity index (χ2v) is 5.45. The summed E-state index contributed by atoms with van der Waals surface area (Å²) in [5.74, 6) is 0.778. The number of rotatable bonds is 5. The molecule has 1 unspecified atom stereocenters. The van der Waals surface area contributed by atoms with Gasteiger partial charge in [0.15, 0.2) is 0 Å². The number of hydrogen-bond donors (Lipinski definition) is 1. The average molecular weight is 257 g/mol. The van der Waals surface area contributed by atoms with Crippen molar-refractivity contribution in [3.05, 3.63) is 28.8 Å². The van der Waals surface area contributed by atoms with E-state index in [9.17, 15) is 5.11 Å². The number of aliphatic hydroxyl groups excluding tert-OH is 1. The van der Waals surface area contributed by atoms with Gasteiger partial charge in [-0.25, -0.2) is 0 Å². The van der Waals surface area contributed by atoms with Gasteiger partial charge < -0.3 is 9.84 Å². The minimum Gasteiger partial charge on any atom is -0.496 e. The second kappa shape index (κ2) is 5.74. The van der Waals surface area contributed by atoms with Gasteiger partial charge in [0, 0.05) is 11.4 Å². The van der Waals surface area contributed by atoms with Crippen LogP contribution in [-0.2, 0) is 6.42 Å². The summed E-state index contributed by atoms with van der Waals surface area (Å²) < 4.78 is 5.28. The molecule has 1 atom stereocenters. The summed E-state index contributed by atoms with van der Waals surface area (Å²) in [6, 6.07) is 5.49. The van der Waals surface area contributed by atoms with Gasteiger partial charge in [-0.05, 0) is 35.6 Å². The number of aliphatic hydroxyl groups is 1. The van der Waals surface area contributed by atoms with Crippen LogP contribution in [0.15, 0.2) is 18.2 Å². The van der Waals surface area contributed by atoms with Gasteiger partial charge in [0.25, 0.3) is 0 Å². The summed E-state index contributed by atoms with van der Waals surface area (Å²) in [5.41, 5.74) is 0.849. The molecule has 96 valence electrons. The van der Waals surface area contributed by atoms with Crippen molar-refractivity contribution in [2.75, 3.05) is 7.11 Å². The van der Waals surface area contributed by atoms with Crippen molar-refractivity contribution in [1.82, 2.24) is 0 Å². The van der Waals surface area contributed by atoms with Crippen molar-refractivity contribution < 1.29 is 9.84 Å². The van der Waals surface area contributed by atoms with Crippen molar-refractivity contribution in [2.45, 2.75) is 39.7 Å². The Bertz CT molecular complexity index is 374. The van der Waals surface area contributed by atoms with Crippen LogP contribution in [0.25, 0.3) is 0 Å². The standard InChI is InChI=1S/C14H21ClO2/c1-5-14(2,3)13(16)9-10-8-11(15)6-7-12(10)17-4/h6-8,13,16H,5,9H2,1-4H3. The van der Waals surface area contributed by atoms with Crippen LogP contribution in [0.5, 0.6) is 5.75 Å². The van der Waals surface area contributed by atoms with E-state index in [1.165, 1.54) is 0 Å². The van der Waals surface area contributed by atoms with Gasteiger partial charge in [-0.1, -0.05) is 32.4 Å². The highest BCUT2D eigenvalue weighted by Gasteiger charge is 2.26. The van der Waals surface area contributed by atoms with E-state index in [1.807, 2.05) is 12.1 Å². The highest BCUT2D eigenvalue weighted by Crippen LogP contribution is 2.31. The third-order valence-corrected chi connectivity index (χ3v) is 3.70. The summed E-state index contributed by atoms with van der Waals surface area (Å²) in [7, 11) is 1.63. The maximum Gasteiger partial charge on any atom is 0.122 e. The molecule has 0 aliphatic rings. The van der Waals surface area contributed by atoms with Crippen LogP contribution in [0, 0.1) is 5.41 Å². The Balaban J connectivity index is 2.91. The molecular formula is C14H21ClO2. The predicted molar refractivity (Wildman–Crippen MR) is 71.8 cm³/mol. The maximum absolute atomic E-state index is 10.2. The van der Waals surface area contributed by atoms with E-state index < -0.39 is 6.10 Å². The molecule has 1 N–H and O–H groups in total. The van der Waals surface area contributed by atoms with Gasteiger partial charge in [-0.15, -0.1) is 0 Å². The molecule has 0 aliphatic heterocycles. The molecule has 0 saturated heterocycles. The molecule has 0 heterocycles. The smallest absolute Gasteiger partial charge is 0.122 e. The quantitative estimate of drug-likeness (QED) is 0.871. The summed E-state index contributed by atoms with van der Waals surface area (Å²) in [6.45, 7) is 6.21. The van der Waals surface area contributed by atoms with Crippen LogP contribution < -0.4 is 4.74 Å². The molecule has 0 bridgehead atoms. The summed E-state index contributed by atoms with van der Waals surface area (Å²) in [5, 5.41) is 10.9. The van der Waals surface area contributed by atoms with Crippen LogP contribution in [0.4, 0.5) is 0 Å². The first-order valence-corrected chi connectivity index (χ1v) is 6.29. The molecule has 0 aliphatic carbocycles. The van der Waals surface area contributed by atoms with Crippen LogP contribution in [0.2, 0.25) is 5.02 Å². The zero-order valence-corrected chi connectivity index (χ0v) is 11.7. The highest BCUT2D eigenvalue weighted by molar-refractivity contribution is 6.30. The van der Waals surface area contributed by atoms with E-state index in [1.54, 1.807) is 13.2 Å². The van der Waals surface area contributed by atoms with E-state index in [4.69, 9.17) is 16.3 Å². The summed E-state index contributed by atoms with van der Waals surface area (Å²) >= 11 is 5.97. The van der Waals surface area contributed by atoms with Gasteiger partial charge in [-0.2, -0.15) is 0 Å². The fourth-order valence-corrected chi connectivity index (χ4v) is 1.82. The lowest BCUT2D eigenvalue weighted by Gasteiger charge is -2.29. The number of hydrogen-bond acceptors (Lipinski definition) is 2. The Labute approximate surface area is 109 Å². The first-order chi connectivity index (χ1) is 7.90. The monoisotopic (exact) mass is 256 g/mol. The molecule has 2 nitrogen and oxygen atoms in total. The van der Waals surface area contributed by atoms with Gasteiger partial charge >= 0.3 is 0 Å². The third kappa shape index (κ3) is 3.62. The van der Waals surface area contributed by atoms with Crippen LogP contribution >= 0.6 is 11.6 Å². The molecule has 0 radical (unpaired) electrons. The van der Waals surface area contributed by atoms with E-state index in [0.717, 1.165) is 17.7 Å². The Kier molecular flexibility index (Phi) is 4.84. The van der Waals surface area contributed by atoms with Crippen molar-refractivity contribution >= 4 is 11.6 Å². The summed E-state index contributed by atoms with van der Waals surface area (Å²) in [6.07, 6.45) is 1.08. The molecule has 0 aromatic heterocycles. The lowest BCUT2D eigenvalue weighted by atomic mass is 9.81. The molecular weight excluding hydrogens is 236 g/mol. The average Bonchev–Trinajstić information content (AvgIpc) is 2.29. The second-order valence-electron chi connectivity index (χ2n) is 5.02. The predicted octanol–water partition coefficient (Wildman–Crippen LogP) is 3.69. The Morgan fingerprint density at radius 2 is 2.06 bits per heavy atom. The van der Waals surface area contributed by atoms with Crippen molar-refractivity contribution in [3.8, 4) is 5.75 Å². The highest BCUT2D eigenvalue weighted by atomic mass is 35.5. The minimum absolute atomic E-state index is 0.104. The number of halogens is 1. The first-order valence-electron chi connectivity index (χ1n) is 5.91. The van der Waals surface area contributed by atoms with Crippen molar-refractivity contribution in [2.24, 2.45) is 5.41 Å². The Morgan fingerprint density at radius 1 is 1.41 bits per heavy atom. The van der Waals surface area contributed by atoms with E-state index in [-0.39, 0.29) is 5.41 Å². The van der Waals surface area contributed by atoms with Gasteiger partial charge in [0.1, 0.15) is 5.75 Å². The number of ether oxygens (including phenoxy) is 1. The Morgan fingerprint density at radius 3 is 2.59 bits per heavy atom. The van der Waals surface area contributed by atoms with E-state index >= 15 is 0 Å². The van der Waals surface area contributed by atoms with E-state index in [2.05, 4.69) is 20.8 Å². The molecule has 0 spiro atoms. The molecule has 3 heteroatoms. The fourth-order valence-electron chi connectivity index (χ4n) is 1.63. The fraction of sp³-hybridized carbons (Fsp3) is 0.571. The molecule has 17 heavy (non-hydrogen) atoms. The molecule has 0 saturated carbocycles. The van der Waals surface area contributed by atoms with Gasteiger partial charge in [-0.3, -0.25) is 0 Å². The zero-order chi connectivity index (χ0) is 13.1. The lowest BCUT2D eigenvalue weighted by molar-refractivity contribution is 0.0475. The number of methoxy groups -OCH3 is 1.